The lowest BCUT2D eigenvalue weighted by Crippen LogP contribution is -2.25. The van der Waals surface area contributed by atoms with Crippen LogP contribution in [-0.2, 0) is 0 Å². The smallest absolute Gasteiger partial charge is 0.253 e. The largest absolute Gasteiger partial charge is 0.398 e. The SMILES string of the molecule is CC(C)CCCNC(=O)c1cc(Br)ccc1N. The number of hydrogen-bond acceptors (Lipinski definition) is 2. The van der Waals surface area contributed by atoms with Crippen LogP contribution in [0.1, 0.15) is 37.0 Å². The first-order valence-electron chi connectivity index (χ1n) is 5.84. The van der Waals surface area contributed by atoms with Gasteiger partial charge in [0.2, 0.25) is 0 Å². The number of nitrogens with one attached hydrogen (secondary N) is 1. The predicted molar refractivity (Wildman–Crippen MR) is 75.0 cm³/mol. The number of anilines is 1. The van der Waals surface area contributed by atoms with Crippen LogP contribution in [-0.4, -0.2) is 12.5 Å². The van der Waals surface area contributed by atoms with E-state index in [0.717, 1.165) is 17.3 Å². The molecule has 0 aliphatic rings. The molecule has 0 radical (unpaired) electrons. The summed E-state index contributed by atoms with van der Waals surface area (Å²) in [6, 6.07) is 5.30. The molecular weight excluding hydrogens is 280 g/mol. The zero-order valence-electron chi connectivity index (χ0n) is 10.3. The van der Waals surface area contributed by atoms with Crippen LogP contribution in [0.3, 0.4) is 0 Å². The summed E-state index contributed by atoms with van der Waals surface area (Å²) in [6.07, 6.45) is 2.12. The van der Waals surface area contributed by atoms with E-state index >= 15 is 0 Å². The lowest BCUT2D eigenvalue weighted by Gasteiger charge is -2.09. The van der Waals surface area contributed by atoms with Gasteiger partial charge in [-0.15, -0.1) is 0 Å². The van der Waals surface area contributed by atoms with Crippen molar-refractivity contribution in [3.8, 4) is 0 Å². The van der Waals surface area contributed by atoms with Crippen LogP contribution in [0.4, 0.5) is 5.69 Å². The van der Waals surface area contributed by atoms with E-state index in [1.807, 2.05) is 6.07 Å². The molecular formula is C13H19BrN2O. The first-order chi connectivity index (χ1) is 8.00. The molecule has 0 unspecified atom stereocenters. The van der Waals surface area contributed by atoms with Crippen LogP contribution >= 0.6 is 15.9 Å². The molecule has 0 bridgehead atoms. The molecule has 0 atom stereocenters. The summed E-state index contributed by atoms with van der Waals surface area (Å²) < 4.78 is 0.860. The van der Waals surface area contributed by atoms with E-state index in [-0.39, 0.29) is 5.91 Å². The van der Waals surface area contributed by atoms with E-state index < -0.39 is 0 Å². The second kappa shape index (κ2) is 6.64. The average Bonchev–Trinajstić information content (AvgIpc) is 2.27. The molecule has 3 nitrogen and oxygen atoms in total. The summed E-state index contributed by atoms with van der Waals surface area (Å²) in [4.78, 5) is 11.9. The fraction of sp³-hybridized carbons (Fsp3) is 0.462. The minimum Gasteiger partial charge on any atom is -0.398 e. The van der Waals surface area contributed by atoms with Gasteiger partial charge in [-0.1, -0.05) is 29.8 Å². The Kier molecular flexibility index (Phi) is 5.48. The summed E-state index contributed by atoms with van der Waals surface area (Å²) in [5, 5.41) is 2.88. The topological polar surface area (TPSA) is 55.1 Å². The summed E-state index contributed by atoms with van der Waals surface area (Å²) in [7, 11) is 0. The number of nitrogen functional groups attached to an aromatic ring is 1. The Hall–Kier alpha value is -1.03. The average molecular weight is 299 g/mol. The van der Waals surface area contributed by atoms with Gasteiger partial charge in [0.15, 0.2) is 0 Å². The molecule has 0 aliphatic carbocycles. The summed E-state index contributed by atoms with van der Waals surface area (Å²) >= 11 is 3.33. The Labute approximate surface area is 111 Å². The highest BCUT2D eigenvalue weighted by molar-refractivity contribution is 9.10. The van der Waals surface area contributed by atoms with Crippen molar-refractivity contribution in [3.63, 3.8) is 0 Å². The van der Waals surface area contributed by atoms with Crippen molar-refractivity contribution in [1.29, 1.82) is 0 Å². The normalized spacial score (nSPS) is 10.6. The highest BCUT2D eigenvalue weighted by Crippen LogP contribution is 2.18. The van der Waals surface area contributed by atoms with Gasteiger partial charge in [-0.05, 0) is 37.0 Å². The quantitative estimate of drug-likeness (QED) is 0.648. The van der Waals surface area contributed by atoms with Gasteiger partial charge in [0, 0.05) is 16.7 Å². The van der Waals surface area contributed by atoms with Crippen molar-refractivity contribution >= 4 is 27.5 Å². The number of benzene rings is 1. The van der Waals surface area contributed by atoms with Crippen LogP contribution in [0.25, 0.3) is 0 Å². The van der Waals surface area contributed by atoms with E-state index in [1.165, 1.54) is 0 Å². The summed E-state index contributed by atoms with van der Waals surface area (Å²) in [6.45, 7) is 5.05. The van der Waals surface area contributed by atoms with Crippen LogP contribution < -0.4 is 11.1 Å². The van der Waals surface area contributed by atoms with Crippen molar-refractivity contribution < 1.29 is 4.79 Å². The number of hydrogen-bond donors (Lipinski definition) is 2. The number of rotatable bonds is 5. The van der Waals surface area contributed by atoms with E-state index in [1.54, 1.807) is 12.1 Å². The zero-order valence-corrected chi connectivity index (χ0v) is 11.9. The van der Waals surface area contributed by atoms with Crippen molar-refractivity contribution in [1.82, 2.24) is 5.32 Å². The lowest BCUT2D eigenvalue weighted by molar-refractivity contribution is 0.0953. The van der Waals surface area contributed by atoms with Crippen molar-refractivity contribution in [2.75, 3.05) is 12.3 Å². The zero-order chi connectivity index (χ0) is 12.8. The summed E-state index contributed by atoms with van der Waals surface area (Å²) in [5.41, 5.74) is 6.80. The number of nitrogens with two attached hydrogens (primary N) is 1. The highest BCUT2D eigenvalue weighted by Gasteiger charge is 2.09. The molecule has 4 heteroatoms. The maximum Gasteiger partial charge on any atom is 0.253 e. The van der Waals surface area contributed by atoms with Gasteiger partial charge in [-0.25, -0.2) is 0 Å². The molecule has 0 heterocycles. The minimum atomic E-state index is -0.104. The van der Waals surface area contributed by atoms with E-state index in [0.29, 0.717) is 23.7 Å². The molecule has 0 saturated carbocycles. The second-order valence-electron chi connectivity index (χ2n) is 4.52. The van der Waals surface area contributed by atoms with Crippen molar-refractivity contribution in [2.45, 2.75) is 26.7 Å². The Morgan fingerprint density at radius 2 is 2.18 bits per heavy atom. The Balaban J connectivity index is 2.49. The molecule has 1 aromatic carbocycles. The maximum atomic E-state index is 11.9. The van der Waals surface area contributed by atoms with Gasteiger partial charge in [-0.2, -0.15) is 0 Å². The minimum absolute atomic E-state index is 0.104. The van der Waals surface area contributed by atoms with Crippen LogP contribution in [0.2, 0.25) is 0 Å². The first kappa shape index (κ1) is 14.0. The van der Waals surface area contributed by atoms with Gasteiger partial charge < -0.3 is 11.1 Å². The standard InChI is InChI=1S/C13H19BrN2O/c1-9(2)4-3-7-16-13(17)11-8-10(14)5-6-12(11)15/h5-6,8-9H,3-4,7,15H2,1-2H3,(H,16,17). The summed E-state index contributed by atoms with van der Waals surface area (Å²) in [5.74, 6) is 0.565. The van der Waals surface area contributed by atoms with Crippen LogP contribution in [0.15, 0.2) is 22.7 Å². The monoisotopic (exact) mass is 298 g/mol. The van der Waals surface area contributed by atoms with E-state index in [9.17, 15) is 4.79 Å². The molecule has 17 heavy (non-hydrogen) atoms. The molecule has 0 aromatic heterocycles. The molecule has 0 aliphatic heterocycles. The van der Waals surface area contributed by atoms with Crippen molar-refractivity contribution in [3.05, 3.63) is 28.2 Å². The van der Waals surface area contributed by atoms with Gasteiger partial charge in [-0.3, -0.25) is 4.79 Å². The molecule has 0 spiro atoms. The van der Waals surface area contributed by atoms with Crippen molar-refractivity contribution in [2.24, 2.45) is 5.92 Å². The fourth-order valence-electron chi connectivity index (χ4n) is 1.53. The molecule has 1 aromatic rings. The van der Waals surface area contributed by atoms with Gasteiger partial charge in [0.05, 0.1) is 5.56 Å². The third kappa shape index (κ3) is 4.77. The number of carbonyl (C=O) groups excluding carboxylic acids is 1. The highest BCUT2D eigenvalue weighted by atomic mass is 79.9. The Bertz CT molecular complexity index is 391. The van der Waals surface area contributed by atoms with E-state index in [4.69, 9.17) is 5.73 Å². The third-order valence-electron chi connectivity index (χ3n) is 2.50. The Morgan fingerprint density at radius 1 is 1.47 bits per heavy atom. The lowest BCUT2D eigenvalue weighted by atomic mass is 10.1. The molecule has 3 N–H and O–H groups in total. The molecule has 0 saturated heterocycles. The van der Waals surface area contributed by atoms with Gasteiger partial charge in [0.25, 0.3) is 5.91 Å². The third-order valence-corrected chi connectivity index (χ3v) is 3.00. The van der Waals surface area contributed by atoms with Gasteiger partial charge in [0.1, 0.15) is 0 Å². The Morgan fingerprint density at radius 3 is 2.82 bits per heavy atom. The fourth-order valence-corrected chi connectivity index (χ4v) is 1.89. The van der Waals surface area contributed by atoms with E-state index in [2.05, 4.69) is 35.1 Å². The molecule has 1 amide bonds. The number of halogens is 1. The first-order valence-corrected chi connectivity index (χ1v) is 6.63. The number of carbonyl (C=O) groups is 1. The van der Waals surface area contributed by atoms with Crippen LogP contribution in [0, 0.1) is 5.92 Å². The second-order valence-corrected chi connectivity index (χ2v) is 5.44. The molecule has 1 rings (SSSR count). The maximum absolute atomic E-state index is 11.9. The molecule has 0 fully saturated rings. The number of amides is 1. The van der Waals surface area contributed by atoms with Gasteiger partial charge >= 0.3 is 0 Å². The predicted octanol–water partition coefficient (Wildman–Crippen LogP) is 3.20. The molecule has 94 valence electrons. The van der Waals surface area contributed by atoms with Crippen LogP contribution in [0.5, 0.6) is 0 Å².